The predicted molar refractivity (Wildman–Crippen MR) is 103 cm³/mol. The fraction of sp³-hybridized carbons (Fsp3) is 0.190. The van der Waals surface area contributed by atoms with Crippen LogP contribution in [-0.2, 0) is 22.7 Å². The molecule has 2 aromatic heterocycles. The zero-order valence-corrected chi connectivity index (χ0v) is 15.4. The molecule has 0 unspecified atom stereocenters. The van der Waals surface area contributed by atoms with Gasteiger partial charge in [-0.25, -0.2) is 0 Å². The molecular formula is C21H19N3O4. The molecule has 0 amide bonds. The number of esters is 1. The SMILES string of the molecule is COc1ccccc1-c1noc(COC(=O)CCn2ccc3ccccc32)n1. The fourth-order valence-corrected chi connectivity index (χ4v) is 3.01. The summed E-state index contributed by atoms with van der Waals surface area (Å²) in [6.45, 7) is 0.482. The number of fused-ring (bicyclic) bond motifs is 1. The van der Waals surface area contributed by atoms with E-state index in [4.69, 9.17) is 14.0 Å². The fourth-order valence-electron chi connectivity index (χ4n) is 3.01. The van der Waals surface area contributed by atoms with Crippen LogP contribution in [0.1, 0.15) is 12.3 Å². The average molecular weight is 377 g/mol. The first kappa shape index (κ1) is 17.8. The highest BCUT2D eigenvalue weighted by Crippen LogP contribution is 2.27. The number of aromatic nitrogens is 3. The minimum absolute atomic E-state index is 0.0621. The summed E-state index contributed by atoms with van der Waals surface area (Å²) in [7, 11) is 1.58. The van der Waals surface area contributed by atoms with Gasteiger partial charge in [-0.1, -0.05) is 35.5 Å². The van der Waals surface area contributed by atoms with Crippen LogP contribution in [0.5, 0.6) is 5.75 Å². The van der Waals surface area contributed by atoms with Crippen molar-refractivity contribution in [2.24, 2.45) is 0 Å². The van der Waals surface area contributed by atoms with Gasteiger partial charge in [0.2, 0.25) is 5.82 Å². The van der Waals surface area contributed by atoms with Crippen molar-refractivity contribution < 1.29 is 18.8 Å². The molecule has 0 N–H and O–H groups in total. The van der Waals surface area contributed by atoms with E-state index in [-0.39, 0.29) is 24.9 Å². The van der Waals surface area contributed by atoms with E-state index >= 15 is 0 Å². The highest BCUT2D eigenvalue weighted by Gasteiger charge is 2.14. The summed E-state index contributed by atoms with van der Waals surface area (Å²) in [4.78, 5) is 16.4. The van der Waals surface area contributed by atoms with E-state index in [1.807, 2.05) is 65.4 Å². The van der Waals surface area contributed by atoms with E-state index in [9.17, 15) is 4.79 Å². The molecule has 2 aromatic carbocycles. The molecule has 0 spiro atoms. The topological polar surface area (TPSA) is 79.4 Å². The molecule has 0 aliphatic heterocycles. The summed E-state index contributed by atoms with van der Waals surface area (Å²) in [6.07, 6.45) is 2.22. The van der Waals surface area contributed by atoms with Gasteiger partial charge in [-0.05, 0) is 29.7 Å². The van der Waals surface area contributed by atoms with Gasteiger partial charge in [0.05, 0.1) is 19.1 Å². The molecule has 0 bridgehead atoms. The van der Waals surface area contributed by atoms with Gasteiger partial charge in [-0.3, -0.25) is 4.79 Å². The molecule has 0 atom stereocenters. The number of nitrogens with zero attached hydrogens (tertiary/aromatic N) is 3. The molecule has 2 heterocycles. The number of methoxy groups -OCH3 is 1. The molecule has 0 aliphatic carbocycles. The third kappa shape index (κ3) is 3.73. The molecule has 0 aliphatic rings. The van der Waals surface area contributed by atoms with Gasteiger partial charge >= 0.3 is 5.97 Å². The lowest BCUT2D eigenvalue weighted by molar-refractivity contribution is -0.146. The lowest BCUT2D eigenvalue weighted by Gasteiger charge is -2.05. The molecule has 0 fully saturated rings. The number of benzene rings is 2. The van der Waals surface area contributed by atoms with Gasteiger partial charge in [0.1, 0.15) is 5.75 Å². The Balaban J connectivity index is 1.33. The number of rotatable bonds is 7. The van der Waals surface area contributed by atoms with E-state index in [2.05, 4.69) is 10.1 Å². The van der Waals surface area contributed by atoms with Gasteiger partial charge in [-0.15, -0.1) is 0 Å². The highest BCUT2D eigenvalue weighted by atomic mass is 16.6. The van der Waals surface area contributed by atoms with Crippen molar-refractivity contribution in [1.82, 2.24) is 14.7 Å². The largest absolute Gasteiger partial charge is 0.496 e. The molecule has 7 heteroatoms. The normalized spacial score (nSPS) is 10.9. The second-order valence-electron chi connectivity index (χ2n) is 6.19. The van der Waals surface area contributed by atoms with Crippen LogP contribution in [0.15, 0.2) is 65.3 Å². The number of para-hydroxylation sites is 2. The van der Waals surface area contributed by atoms with Gasteiger partial charge < -0.3 is 18.6 Å². The summed E-state index contributed by atoms with van der Waals surface area (Å²) in [5.41, 5.74) is 1.81. The maximum Gasteiger partial charge on any atom is 0.308 e. The molecule has 4 aromatic rings. The van der Waals surface area contributed by atoms with Crippen LogP contribution in [0.25, 0.3) is 22.3 Å². The average Bonchev–Trinajstić information content (AvgIpc) is 3.38. The zero-order chi connectivity index (χ0) is 19.3. The number of hydrogen-bond acceptors (Lipinski definition) is 6. The monoisotopic (exact) mass is 377 g/mol. The van der Waals surface area contributed by atoms with Crippen molar-refractivity contribution >= 4 is 16.9 Å². The number of carbonyl (C=O) groups excluding carboxylic acids is 1. The van der Waals surface area contributed by atoms with Crippen LogP contribution in [-0.4, -0.2) is 27.8 Å². The second kappa shape index (κ2) is 7.96. The van der Waals surface area contributed by atoms with E-state index in [0.29, 0.717) is 23.7 Å². The van der Waals surface area contributed by atoms with Gasteiger partial charge in [0.25, 0.3) is 5.89 Å². The van der Waals surface area contributed by atoms with Crippen LogP contribution < -0.4 is 4.74 Å². The van der Waals surface area contributed by atoms with Crippen LogP contribution in [0.3, 0.4) is 0 Å². The maximum absolute atomic E-state index is 12.1. The molecular weight excluding hydrogens is 358 g/mol. The molecule has 0 saturated heterocycles. The van der Waals surface area contributed by atoms with Crippen molar-refractivity contribution in [2.75, 3.05) is 7.11 Å². The first-order valence-electron chi connectivity index (χ1n) is 8.90. The molecule has 28 heavy (non-hydrogen) atoms. The van der Waals surface area contributed by atoms with E-state index in [0.717, 1.165) is 10.9 Å². The van der Waals surface area contributed by atoms with E-state index < -0.39 is 0 Å². The predicted octanol–water partition coefficient (Wildman–Crippen LogP) is 3.83. The molecule has 0 radical (unpaired) electrons. The van der Waals surface area contributed by atoms with Gasteiger partial charge in [0.15, 0.2) is 6.61 Å². The molecule has 7 nitrogen and oxygen atoms in total. The molecule has 142 valence electrons. The third-order valence-electron chi connectivity index (χ3n) is 4.41. The standard InChI is InChI=1S/C21H19N3O4/c1-26-18-9-5-3-7-16(18)21-22-19(28-23-21)14-27-20(25)11-13-24-12-10-15-6-2-4-8-17(15)24/h2-10,12H,11,13-14H2,1H3. The summed E-state index contributed by atoms with van der Waals surface area (Å²) < 4.78 is 17.8. The summed E-state index contributed by atoms with van der Waals surface area (Å²) in [5.74, 6) is 0.948. The highest BCUT2D eigenvalue weighted by molar-refractivity contribution is 5.80. The Bertz CT molecular complexity index is 1100. The van der Waals surface area contributed by atoms with Crippen LogP contribution >= 0.6 is 0 Å². The lowest BCUT2D eigenvalue weighted by Crippen LogP contribution is -2.09. The third-order valence-corrected chi connectivity index (χ3v) is 4.41. The minimum Gasteiger partial charge on any atom is -0.496 e. The van der Waals surface area contributed by atoms with Crippen LogP contribution in [0.4, 0.5) is 0 Å². The minimum atomic E-state index is -0.324. The Morgan fingerprint density at radius 3 is 2.82 bits per heavy atom. The first-order chi connectivity index (χ1) is 13.7. The van der Waals surface area contributed by atoms with Crippen molar-refractivity contribution in [3.63, 3.8) is 0 Å². The summed E-state index contributed by atoms with van der Waals surface area (Å²) in [6, 6.07) is 17.4. The smallest absolute Gasteiger partial charge is 0.308 e. The Morgan fingerprint density at radius 2 is 1.93 bits per heavy atom. The van der Waals surface area contributed by atoms with E-state index in [1.165, 1.54) is 0 Å². The van der Waals surface area contributed by atoms with Gasteiger partial charge in [-0.2, -0.15) is 4.98 Å². The molecule has 0 saturated carbocycles. The van der Waals surface area contributed by atoms with Crippen molar-refractivity contribution in [2.45, 2.75) is 19.6 Å². The van der Waals surface area contributed by atoms with Crippen molar-refractivity contribution in [3.8, 4) is 17.1 Å². The zero-order valence-electron chi connectivity index (χ0n) is 15.4. The maximum atomic E-state index is 12.1. The Labute approximate surface area is 161 Å². The Kier molecular flexibility index (Phi) is 5.05. The lowest BCUT2D eigenvalue weighted by atomic mass is 10.2. The first-order valence-corrected chi connectivity index (χ1v) is 8.90. The number of hydrogen-bond donors (Lipinski definition) is 0. The number of aryl methyl sites for hydroxylation is 1. The van der Waals surface area contributed by atoms with E-state index in [1.54, 1.807) is 7.11 Å². The second-order valence-corrected chi connectivity index (χ2v) is 6.19. The Morgan fingerprint density at radius 1 is 1.11 bits per heavy atom. The van der Waals surface area contributed by atoms with Crippen molar-refractivity contribution in [1.29, 1.82) is 0 Å². The number of carbonyl (C=O) groups is 1. The number of ether oxygens (including phenoxy) is 2. The summed E-state index contributed by atoms with van der Waals surface area (Å²) >= 11 is 0. The molecule has 4 rings (SSSR count). The summed E-state index contributed by atoms with van der Waals surface area (Å²) in [5, 5.41) is 5.08. The van der Waals surface area contributed by atoms with Crippen LogP contribution in [0, 0.1) is 0 Å². The van der Waals surface area contributed by atoms with Gasteiger partial charge in [0, 0.05) is 18.3 Å². The Hall–Kier alpha value is -3.61. The van der Waals surface area contributed by atoms with Crippen molar-refractivity contribution in [3.05, 3.63) is 66.7 Å². The van der Waals surface area contributed by atoms with Crippen LogP contribution in [0.2, 0.25) is 0 Å². The quantitative estimate of drug-likeness (QED) is 0.455.